The van der Waals surface area contributed by atoms with Gasteiger partial charge in [0.2, 0.25) is 0 Å². The number of fused-ring (bicyclic) bond motifs is 5. The lowest BCUT2D eigenvalue weighted by molar-refractivity contribution is 1.20. The lowest BCUT2D eigenvalue weighted by atomic mass is 9.86. The predicted molar refractivity (Wildman–Crippen MR) is 200 cm³/mol. The van der Waals surface area contributed by atoms with Crippen molar-refractivity contribution in [2.45, 2.75) is 0 Å². The van der Waals surface area contributed by atoms with E-state index >= 15 is 0 Å². The van der Waals surface area contributed by atoms with Crippen LogP contribution in [0.4, 0.5) is 17.2 Å². The summed E-state index contributed by atoms with van der Waals surface area (Å²) in [6.07, 6.45) is 1.89. The highest BCUT2D eigenvalue weighted by molar-refractivity contribution is 6.24. The summed E-state index contributed by atoms with van der Waals surface area (Å²) in [6, 6.07) is 63.1. The fraction of sp³-hybridized carbons (Fsp3) is 0. The van der Waals surface area contributed by atoms with Crippen LogP contribution in [-0.2, 0) is 0 Å². The highest BCUT2D eigenvalue weighted by Crippen LogP contribution is 2.50. The van der Waals surface area contributed by atoms with Gasteiger partial charge in [0.25, 0.3) is 0 Å². The third kappa shape index (κ3) is 4.46. The quantitative estimate of drug-likeness (QED) is 0.145. The molecule has 0 aliphatic heterocycles. The summed E-state index contributed by atoms with van der Waals surface area (Å²) in [6.45, 7) is 0. The molecule has 0 fully saturated rings. The molecule has 9 rings (SSSR count). The van der Waals surface area contributed by atoms with Gasteiger partial charge in [0.15, 0.2) is 0 Å². The molecule has 0 atom stereocenters. The van der Waals surface area contributed by atoms with E-state index in [1.54, 1.807) is 0 Å². The minimum atomic E-state index is 0.876. The maximum atomic E-state index is 4.99. The molecule has 2 heteroatoms. The minimum Gasteiger partial charge on any atom is -0.293 e. The normalized spacial score (nSPS) is 11.4. The first kappa shape index (κ1) is 27.1. The van der Waals surface area contributed by atoms with Crippen molar-refractivity contribution in [1.29, 1.82) is 0 Å². The molecule has 0 radical (unpaired) electrons. The van der Waals surface area contributed by atoms with Gasteiger partial charge in [0, 0.05) is 22.4 Å². The Morgan fingerprint density at radius 3 is 1.60 bits per heavy atom. The fourth-order valence-corrected chi connectivity index (χ4v) is 7.27. The van der Waals surface area contributed by atoms with Gasteiger partial charge in [-0.25, -0.2) is 4.98 Å². The molecular formula is C45H30N2. The summed E-state index contributed by atoms with van der Waals surface area (Å²) < 4.78 is 0. The Balaban J connectivity index is 1.44. The molecule has 8 aromatic carbocycles. The zero-order valence-corrected chi connectivity index (χ0v) is 25.7. The first-order valence-corrected chi connectivity index (χ1v) is 16.1. The molecule has 0 spiro atoms. The molecule has 220 valence electrons. The zero-order valence-electron chi connectivity index (χ0n) is 25.7. The number of hydrogen-bond acceptors (Lipinski definition) is 2. The van der Waals surface area contributed by atoms with Crippen LogP contribution in [0.5, 0.6) is 0 Å². The summed E-state index contributed by atoms with van der Waals surface area (Å²) in [7, 11) is 0. The Morgan fingerprint density at radius 1 is 0.383 bits per heavy atom. The summed E-state index contributed by atoms with van der Waals surface area (Å²) in [5.74, 6) is 0.876. The second-order valence-electron chi connectivity index (χ2n) is 11.9. The molecule has 9 aromatic rings. The molecule has 1 aromatic heterocycles. The van der Waals surface area contributed by atoms with Crippen molar-refractivity contribution in [2.75, 3.05) is 4.90 Å². The summed E-state index contributed by atoms with van der Waals surface area (Å²) in [5, 5.41) is 9.61. The fourth-order valence-electron chi connectivity index (χ4n) is 7.27. The van der Waals surface area contributed by atoms with Crippen LogP contribution < -0.4 is 4.90 Å². The van der Waals surface area contributed by atoms with Gasteiger partial charge in [0.05, 0.1) is 11.4 Å². The van der Waals surface area contributed by atoms with Crippen LogP contribution in [0.15, 0.2) is 182 Å². The van der Waals surface area contributed by atoms with Crippen LogP contribution in [0, 0.1) is 0 Å². The summed E-state index contributed by atoms with van der Waals surface area (Å²) in [5.41, 5.74) is 7.11. The van der Waals surface area contributed by atoms with Gasteiger partial charge in [-0.3, -0.25) is 4.90 Å². The van der Waals surface area contributed by atoms with E-state index in [4.69, 9.17) is 4.98 Å². The largest absolute Gasteiger partial charge is 0.293 e. The zero-order chi connectivity index (χ0) is 31.2. The van der Waals surface area contributed by atoms with Crippen molar-refractivity contribution in [1.82, 2.24) is 4.98 Å². The second kappa shape index (κ2) is 11.3. The van der Waals surface area contributed by atoms with E-state index in [0.717, 1.165) is 17.2 Å². The minimum absolute atomic E-state index is 0.876. The monoisotopic (exact) mass is 598 g/mol. The van der Waals surface area contributed by atoms with Gasteiger partial charge in [-0.2, -0.15) is 0 Å². The van der Waals surface area contributed by atoms with Gasteiger partial charge in [-0.15, -0.1) is 0 Å². The molecule has 0 aliphatic carbocycles. The molecule has 0 aliphatic rings. The van der Waals surface area contributed by atoms with E-state index in [0.29, 0.717) is 0 Å². The van der Waals surface area contributed by atoms with Crippen LogP contribution in [-0.4, -0.2) is 4.98 Å². The Kier molecular flexibility index (Phi) is 6.50. The number of pyridine rings is 1. The second-order valence-corrected chi connectivity index (χ2v) is 11.9. The molecule has 0 saturated heterocycles. The van der Waals surface area contributed by atoms with Crippen molar-refractivity contribution in [3.8, 4) is 22.3 Å². The van der Waals surface area contributed by atoms with E-state index in [-0.39, 0.29) is 0 Å². The standard InChI is InChI=1S/C45H30N2/c1-2-16-31(17-3-1)33-19-6-9-23-37(33)44-38-24-10-12-26-40(38)45(41-27-13-11-25-39(41)44)47(43-28-14-15-29-46-43)42-30-32-18-4-5-20-34(32)35-21-7-8-22-36(35)42/h1-30H. The van der Waals surface area contributed by atoms with E-state index in [1.807, 2.05) is 12.3 Å². The third-order valence-corrected chi connectivity index (χ3v) is 9.27. The first-order valence-electron chi connectivity index (χ1n) is 16.1. The lowest BCUT2D eigenvalue weighted by Gasteiger charge is -2.30. The Morgan fingerprint density at radius 2 is 0.915 bits per heavy atom. The Hall–Kier alpha value is -6.25. The van der Waals surface area contributed by atoms with E-state index in [1.165, 1.54) is 65.3 Å². The predicted octanol–water partition coefficient (Wildman–Crippen LogP) is 12.5. The first-order chi connectivity index (χ1) is 23.4. The molecule has 1 heterocycles. The molecular weight excluding hydrogens is 569 g/mol. The highest BCUT2D eigenvalue weighted by Gasteiger charge is 2.25. The van der Waals surface area contributed by atoms with Crippen molar-refractivity contribution >= 4 is 60.3 Å². The van der Waals surface area contributed by atoms with Crippen LogP contribution in [0.2, 0.25) is 0 Å². The average Bonchev–Trinajstić information content (AvgIpc) is 3.15. The lowest BCUT2D eigenvalue weighted by Crippen LogP contribution is -2.13. The number of nitrogens with zero attached hydrogens (tertiary/aromatic N) is 2. The molecule has 0 saturated carbocycles. The van der Waals surface area contributed by atoms with E-state index < -0.39 is 0 Å². The molecule has 0 bridgehead atoms. The van der Waals surface area contributed by atoms with Crippen LogP contribution in [0.3, 0.4) is 0 Å². The van der Waals surface area contributed by atoms with Crippen LogP contribution >= 0.6 is 0 Å². The van der Waals surface area contributed by atoms with Crippen molar-refractivity contribution in [3.05, 3.63) is 182 Å². The smallest absolute Gasteiger partial charge is 0.137 e. The van der Waals surface area contributed by atoms with E-state index in [9.17, 15) is 0 Å². The maximum absolute atomic E-state index is 4.99. The van der Waals surface area contributed by atoms with Crippen LogP contribution in [0.1, 0.15) is 0 Å². The maximum Gasteiger partial charge on any atom is 0.137 e. The number of benzene rings is 8. The Labute approximate surface area is 273 Å². The molecule has 0 N–H and O–H groups in total. The van der Waals surface area contributed by atoms with E-state index in [2.05, 4.69) is 175 Å². The SMILES string of the molecule is c1ccc(-c2ccccc2-c2c3ccccc3c(N(c3ccccn3)c3cc4ccccc4c4ccccc34)c3ccccc23)cc1. The number of rotatable bonds is 5. The van der Waals surface area contributed by atoms with Gasteiger partial charge in [-0.05, 0) is 67.4 Å². The summed E-state index contributed by atoms with van der Waals surface area (Å²) >= 11 is 0. The number of hydrogen-bond donors (Lipinski definition) is 0. The number of aromatic nitrogens is 1. The Bertz CT molecular complexity index is 2510. The van der Waals surface area contributed by atoms with Gasteiger partial charge >= 0.3 is 0 Å². The third-order valence-electron chi connectivity index (χ3n) is 9.27. The average molecular weight is 599 g/mol. The van der Waals surface area contributed by atoms with Crippen molar-refractivity contribution in [3.63, 3.8) is 0 Å². The molecule has 47 heavy (non-hydrogen) atoms. The molecule has 2 nitrogen and oxygen atoms in total. The molecule has 0 unspecified atom stereocenters. The molecule has 0 amide bonds. The van der Waals surface area contributed by atoms with Crippen molar-refractivity contribution < 1.29 is 0 Å². The summed E-state index contributed by atoms with van der Waals surface area (Å²) in [4.78, 5) is 7.37. The van der Waals surface area contributed by atoms with Gasteiger partial charge < -0.3 is 0 Å². The van der Waals surface area contributed by atoms with Gasteiger partial charge in [0.1, 0.15) is 5.82 Å². The topological polar surface area (TPSA) is 16.1 Å². The van der Waals surface area contributed by atoms with Crippen molar-refractivity contribution in [2.24, 2.45) is 0 Å². The van der Waals surface area contributed by atoms with Crippen LogP contribution in [0.25, 0.3) is 65.3 Å². The van der Waals surface area contributed by atoms with Gasteiger partial charge in [-0.1, -0.05) is 158 Å². The number of anilines is 3. The highest BCUT2D eigenvalue weighted by atomic mass is 15.2.